The minimum atomic E-state index is -0.527. The van der Waals surface area contributed by atoms with E-state index in [4.69, 9.17) is 0 Å². The third kappa shape index (κ3) is 2.26. The Bertz CT molecular complexity index is 1040. The van der Waals surface area contributed by atoms with Gasteiger partial charge in [0.25, 0.3) is 0 Å². The summed E-state index contributed by atoms with van der Waals surface area (Å²) in [4.78, 5) is 16.9. The molecule has 0 spiro atoms. The summed E-state index contributed by atoms with van der Waals surface area (Å²) in [5, 5.41) is 19.5. The van der Waals surface area contributed by atoms with Gasteiger partial charge < -0.3 is 10.1 Å². The zero-order chi connectivity index (χ0) is 17.6. The van der Waals surface area contributed by atoms with Gasteiger partial charge >= 0.3 is 5.69 Å². The number of imidazole rings is 1. The molecule has 3 aromatic rings. The van der Waals surface area contributed by atoms with Crippen LogP contribution in [0.3, 0.4) is 0 Å². The first kappa shape index (κ1) is 15.3. The Labute approximate surface area is 144 Å². The topological polar surface area (TPSA) is 92.7 Å². The van der Waals surface area contributed by atoms with Crippen LogP contribution in [0.5, 0.6) is 5.88 Å². The molecule has 0 saturated carbocycles. The van der Waals surface area contributed by atoms with Gasteiger partial charge in [-0.05, 0) is 35.2 Å². The molecule has 124 valence electrons. The van der Waals surface area contributed by atoms with Crippen molar-refractivity contribution in [1.29, 1.82) is 5.26 Å². The first-order valence-electron chi connectivity index (χ1n) is 8.12. The zero-order valence-corrected chi connectivity index (χ0v) is 13.7. The lowest BCUT2D eigenvalue weighted by Gasteiger charge is -2.31. The maximum absolute atomic E-state index is 11.7. The van der Waals surface area contributed by atoms with Crippen molar-refractivity contribution in [2.45, 2.75) is 24.7 Å². The molecule has 0 fully saturated rings. The number of nitrogens with one attached hydrogen (secondary N) is 2. The number of aromatic hydroxyl groups is 1. The molecule has 1 aliphatic carbocycles. The van der Waals surface area contributed by atoms with Crippen molar-refractivity contribution in [3.63, 3.8) is 0 Å². The highest BCUT2D eigenvalue weighted by atomic mass is 16.3. The Morgan fingerprint density at radius 1 is 1.20 bits per heavy atom. The number of H-pyrrole nitrogens is 2. The van der Waals surface area contributed by atoms with Crippen LogP contribution < -0.4 is 5.69 Å². The Balaban J connectivity index is 1.98. The summed E-state index contributed by atoms with van der Waals surface area (Å²) in [7, 11) is 0. The number of nitrogens with zero attached hydrogens (tertiary/aromatic N) is 1. The van der Waals surface area contributed by atoms with Crippen LogP contribution in [0, 0.1) is 11.3 Å². The van der Waals surface area contributed by atoms with E-state index in [1.807, 2.05) is 55.5 Å². The molecule has 25 heavy (non-hydrogen) atoms. The van der Waals surface area contributed by atoms with Crippen LogP contribution >= 0.6 is 0 Å². The van der Waals surface area contributed by atoms with Gasteiger partial charge in [-0.2, -0.15) is 5.26 Å². The second-order valence-corrected chi connectivity index (χ2v) is 6.77. The number of aromatic nitrogens is 2. The van der Waals surface area contributed by atoms with Crippen LogP contribution in [0.4, 0.5) is 0 Å². The maximum atomic E-state index is 11.7. The summed E-state index contributed by atoms with van der Waals surface area (Å²) < 4.78 is 0. The van der Waals surface area contributed by atoms with Crippen LogP contribution in [0.1, 0.15) is 40.8 Å². The van der Waals surface area contributed by atoms with Crippen LogP contribution in [0.15, 0.2) is 53.3 Å². The third-order valence-corrected chi connectivity index (χ3v) is 5.19. The monoisotopic (exact) mass is 331 g/mol. The van der Waals surface area contributed by atoms with E-state index in [1.54, 1.807) is 0 Å². The second kappa shape index (κ2) is 5.38. The van der Waals surface area contributed by atoms with Gasteiger partial charge in [0.15, 0.2) is 0 Å². The van der Waals surface area contributed by atoms with Crippen LogP contribution in [0.2, 0.25) is 0 Å². The molecule has 2 aromatic carbocycles. The molecule has 2 atom stereocenters. The number of aromatic amines is 2. The van der Waals surface area contributed by atoms with Gasteiger partial charge in [-0.3, -0.25) is 4.98 Å². The Morgan fingerprint density at radius 3 is 2.60 bits per heavy atom. The maximum Gasteiger partial charge on any atom is 0.325 e. The van der Waals surface area contributed by atoms with Crippen molar-refractivity contribution in [1.82, 2.24) is 9.97 Å². The summed E-state index contributed by atoms with van der Waals surface area (Å²) in [6, 6.07) is 17.9. The molecule has 5 nitrogen and oxygen atoms in total. The van der Waals surface area contributed by atoms with Crippen molar-refractivity contribution in [3.8, 4) is 11.9 Å². The molecular formula is C20H17N3O2. The number of hydrogen-bond donors (Lipinski definition) is 3. The molecule has 0 aliphatic heterocycles. The van der Waals surface area contributed by atoms with E-state index in [9.17, 15) is 15.2 Å². The minimum absolute atomic E-state index is 0.0747. The molecule has 5 heteroatoms. The normalized spacial score (nSPS) is 21.7. The largest absolute Gasteiger partial charge is 0.493 e. The predicted molar refractivity (Wildman–Crippen MR) is 93.6 cm³/mol. The SMILES string of the molecule is C[C@@]1(c2[nH]c(=O)[nH]c2O)Cc2ccc(C#N)cc2[C@@H]1c1ccccc1. The lowest BCUT2D eigenvalue weighted by Crippen LogP contribution is -2.29. The van der Waals surface area contributed by atoms with Gasteiger partial charge in [0.1, 0.15) is 0 Å². The Kier molecular flexibility index (Phi) is 3.29. The van der Waals surface area contributed by atoms with E-state index in [0.717, 1.165) is 16.7 Å². The van der Waals surface area contributed by atoms with Gasteiger partial charge in [-0.1, -0.05) is 43.3 Å². The average Bonchev–Trinajstić information content (AvgIpc) is 3.11. The Hall–Kier alpha value is -3.26. The van der Waals surface area contributed by atoms with Gasteiger partial charge in [-0.25, -0.2) is 4.79 Å². The molecule has 0 radical (unpaired) electrons. The van der Waals surface area contributed by atoms with E-state index in [1.165, 1.54) is 0 Å². The number of hydrogen-bond acceptors (Lipinski definition) is 3. The van der Waals surface area contributed by atoms with E-state index in [0.29, 0.717) is 17.7 Å². The summed E-state index contributed by atoms with van der Waals surface area (Å²) in [6.07, 6.45) is 0.662. The molecule has 0 bridgehead atoms. The lowest BCUT2D eigenvalue weighted by molar-refractivity contribution is 0.389. The fourth-order valence-electron chi connectivity index (χ4n) is 4.15. The first-order chi connectivity index (χ1) is 12.0. The molecule has 1 aliphatic rings. The molecule has 1 aromatic heterocycles. The van der Waals surface area contributed by atoms with Crippen molar-refractivity contribution < 1.29 is 5.11 Å². The molecule has 1 heterocycles. The highest BCUT2D eigenvalue weighted by Gasteiger charge is 2.47. The van der Waals surface area contributed by atoms with Gasteiger partial charge in [-0.15, -0.1) is 0 Å². The number of fused-ring (bicyclic) bond motifs is 1. The predicted octanol–water partition coefficient (Wildman–Crippen LogP) is 2.93. The van der Waals surface area contributed by atoms with Crippen LogP contribution in [0.25, 0.3) is 0 Å². The fraction of sp³-hybridized carbons (Fsp3) is 0.200. The standard InChI is InChI=1S/C20H17N3O2/c1-20(17-18(24)23-19(25)22-17)10-14-8-7-12(11-21)9-15(14)16(20)13-5-3-2-4-6-13/h2-9,16,24H,10H2,1H3,(H2,22,23,25)/t16-,20+/m0/s1. The van der Waals surface area contributed by atoms with E-state index in [2.05, 4.69) is 16.0 Å². The molecule has 0 amide bonds. The highest BCUT2D eigenvalue weighted by Crippen LogP contribution is 2.53. The molecule has 4 rings (SSSR count). The number of nitriles is 1. The molecular weight excluding hydrogens is 314 g/mol. The van der Waals surface area contributed by atoms with Crippen LogP contribution in [-0.4, -0.2) is 15.1 Å². The van der Waals surface area contributed by atoms with E-state index >= 15 is 0 Å². The average molecular weight is 331 g/mol. The summed E-state index contributed by atoms with van der Waals surface area (Å²) in [6.45, 7) is 2.04. The molecule has 3 N–H and O–H groups in total. The van der Waals surface area contributed by atoms with E-state index in [-0.39, 0.29) is 11.8 Å². The number of benzene rings is 2. The molecule has 0 saturated heterocycles. The Morgan fingerprint density at radius 2 is 1.96 bits per heavy atom. The summed E-state index contributed by atoms with van der Waals surface area (Å²) in [5.41, 5.74) is 3.43. The zero-order valence-electron chi connectivity index (χ0n) is 13.7. The van der Waals surface area contributed by atoms with Crippen LogP contribution in [-0.2, 0) is 11.8 Å². The van der Waals surface area contributed by atoms with Crippen molar-refractivity contribution in [2.24, 2.45) is 0 Å². The summed E-state index contributed by atoms with van der Waals surface area (Å²) in [5.74, 6) is -0.198. The molecule has 0 unspecified atom stereocenters. The second-order valence-electron chi connectivity index (χ2n) is 6.77. The fourth-order valence-corrected chi connectivity index (χ4v) is 4.15. The lowest BCUT2D eigenvalue weighted by atomic mass is 9.72. The van der Waals surface area contributed by atoms with Crippen molar-refractivity contribution >= 4 is 0 Å². The summed E-state index contributed by atoms with van der Waals surface area (Å²) >= 11 is 0. The third-order valence-electron chi connectivity index (χ3n) is 5.19. The smallest absolute Gasteiger partial charge is 0.325 e. The van der Waals surface area contributed by atoms with Gasteiger partial charge in [0, 0.05) is 11.3 Å². The van der Waals surface area contributed by atoms with Crippen molar-refractivity contribution in [2.75, 3.05) is 0 Å². The number of rotatable bonds is 2. The van der Waals surface area contributed by atoms with Crippen molar-refractivity contribution in [3.05, 3.63) is 87.0 Å². The first-order valence-corrected chi connectivity index (χ1v) is 8.12. The minimum Gasteiger partial charge on any atom is -0.493 e. The van der Waals surface area contributed by atoms with Gasteiger partial charge in [0.05, 0.1) is 17.3 Å². The quantitative estimate of drug-likeness (QED) is 0.674. The van der Waals surface area contributed by atoms with E-state index < -0.39 is 11.1 Å². The van der Waals surface area contributed by atoms with Gasteiger partial charge in [0.2, 0.25) is 5.88 Å². The highest BCUT2D eigenvalue weighted by molar-refractivity contribution is 5.54.